The van der Waals surface area contributed by atoms with Crippen LogP contribution in [0.3, 0.4) is 0 Å². The van der Waals surface area contributed by atoms with Gasteiger partial charge in [0.1, 0.15) is 0 Å². The van der Waals surface area contributed by atoms with Crippen molar-refractivity contribution in [2.24, 2.45) is 5.92 Å². The monoisotopic (exact) mass is 291 g/mol. The number of nitrogens with one attached hydrogen (secondary N) is 1. The van der Waals surface area contributed by atoms with Gasteiger partial charge in [0.2, 0.25) is 0 Å². The van der Waals surface area contributed by atoms with Crippen molar-refractivity contribution in [2.75, 3.05) is 19.7 Å². The molecule has 5 nitrogen and oxygen atoms in total. The lowest BCUT2D eigenvalue weighted by atomic mass is 9.85. The van der Waals surface area contributed by atoms with Crippen LogP contribution in [0.15, 0.2) is 24.5 Å². The van der Waals surface area contributed by atoms with Gasteiger partial charge in [-0.3, -0.25) is 4.98 Å². The number of carbonyl (C=O) groups excluding carboxylic acids is 1. The van der Waals surface area contributed by atoms with Crippen LogP contribution < -0.4 is 5.32 Å². The number of rotatable bonds is 4. The van der Waals surface area contributed by atoms with Gasteiger partial charge < -0.3 is 15.3 Å². The molecule has 0 bridgehead atoms. The highest BCUT2D eigenvalue weighted by Crippen LogP contribution is 2.24. The Bertz CT molecular complexity index is 476. The zero-order valence-corrected chi connectivity index (χ0v) is 13.0. The van der Waals surface area contributed by atoms with E-state index in [4.69, 9.17) is 0 Å². The quantitative estimate of drug-likeness (QED) is 0.888. The molecule has 5 heteroatoms. The number of aromatic nitrogens is 1. The van der Waals surface area contributed by atoms with E-state index in [1.807, 2.05) is 12.1 Å². The van der Waals surface area contributed by atoms with Gasteiger partial charge >= 0.3 is 6.03 Å². The molecule has 2 rings (SSSR count). The predicted molar refractivity (Wildman–Crippen MR) is 82.0 cm³/mol. The van der Waals surface area contributed by atoms with E-state index in [2.05, 4.69) is 31.1 Å². The third kappa shape index (κ3) is 3.53. The first-order valence-corrected chi connectivity index (χ1v) is 7.51. The summed E-state index contributed by atoms with van der Waals surface area (Å²) < 4.78 is 0. The van der Waals surface area contributed by atoms with Crippen LogP contribution in [0.25, 0.3) is 0 Å². The lowest BCUT2D eigenvalue weighted by Crippen LogP contribution is -2.48. The smallest absolute Gasteiger partial charge is 0.317 e. The first kappa shape index (κ1) is 15.8. The fourth-order valence-electron chi connectivity index (χ4n) is 2.84. The van der Waals surface area contributed by atoms with Gasteiger partial charge in [-0.15, -0.1) is 0 Å². The zero-order valence-electron chi connectivity index (χ0n) is 13.0. The summed E-state index contributed by atoms with van der Waals surface area (Å²) in [6, 6.07) is 3.80. The van der Waals surface area contributed by atoms with Gasteiger partial charge in [-0.25, -0.2) is 4.79 Å². The maximum atomic E-state index is 12.3. The Hall–Kier alpha value is -1.62. The molecule has 2 heterocycles. The number of hydrogen-bond donors (Lipinski definition) is 2. The van der Waals surface area contributed by atoms with Gasteiger partial charge in [0, 0.05) is 30.9 Å². The number of nitrogens with zero attached hydrogens (tertiary/aromatic N) is 2. The summed E-state index contributed by atoms with van der Waals surface area (Å²) in [6.45, 7) is 7.57. The van der Waals surface area contributed by atoms with Crippen molar-refractivity contribution in [3.8, 4) is 0 Å². The molecular formula is C16H25N3O2. The Balaban J connectivity index is 1.95. The predicted octanol–water partition coefficient (Wildman–Crippen LogP) is 1.77. The lowest BCUT2D eigenvalue weighted by molar-refractivity contribution is 0.143. The number of aliphatic hydroxyl groups excluding tert-OH is 1. The van der Waals surface area contributed by atoms with Crippen LogP contribution >= 0.6 is 0 Å². The van der Waals surface area contributed by atoms with Crippen LogP contribution in [-0.4, -0.2) is 46.8 Å². The van der Waals surface area contributed by atoms with Gasteiger partial charge in [0.05, 0.1) is 12.6 Å². The van der Waals surface area contributed by atoms with Gasteiger partial charge in [0.25, 0.3) is 0 Å². The second-order valence-electron chi connectivity index (χ2n) is 6.49. The number of hydrogen-bond acceptors (Lipinski definition) is 3. The highest BCUT2D eigenvalue weighted by Gasteiger charge is 2.34. The molecule has 1 saturated heterocycles. The fraction of sp³-hybridized carbons (Fsp3) is 0.625. The van der Waals surface area contributed by atoms with Gasteiger partial charge in [-0.2, -0.15) is 0 Å². The van der Waals surface area contributed by atoms with Crippen LogP contribution in [0.1, 0.15) is 32.8 Å². The minimum absolute atomic E-state index is 0.0301. The van der Waals surface area contributed by atoms with Crippen LogP contribution in [0.5, 0.6) is 0 Å². The lowest BCUT2D eigenvalue weighted by Gasteiger charge is -2.29. The van der Waals surface area contributed by atoms with E-state index in [1.54, 1.807) is 17.3 Å². The summed E-state index contributed by atoms with van der Waals surface area (Å²) in [5.74, 6) is 0.356. The minimum Gasteiger partial charge on any atom is -0.394 e. The topological polar surface area (TPSA) is 65.5 Å². The van der Waals surface area contributed by atoms with Crippen molar-refractivity contribution in [1.82, 2.24) is 15.2 Å². The molecule has 116 valence electrons. The molecule has 0 unspecified atom stereocenters. The first-order chi connectivity index (χ1) is 9.95. The van der Waals surface area contributed by atoms with E-state index in [0.717, 1.165) is 12.0 Å². The normalized spacial score (nSPS) is 22.4. The number of pyridine rings is 1. The second-order valence-corrected chi connectivity index (χ2v) is 6.49. The molecular weight excluding hydrogens is 266 g/mol. The molecule has 0 spiro atoms. The van der Waals surface area contributed by atoms with E-state index in [-0.39, 0.29) is 24.1 Å². The largest absolute Gasteiger partial charge is 0.394 e. The summed E-state index contributed by atoms with van der Waals surface area (Å²) in [5.41, 5.74) is 0.991. The number of carbonyl (C=O) groups is 1. The Labute approximate surface area is 126 Å². The summed E-state index contributed by atoms with van der Waals surface area (Å²) in [7, 11) is 0. The highest BCUT2D eigenvalue weighted by molar-refractivity contribution is 5.75. The summed E-state index contributed by atoms with van der Waals surface area (Å²) in [4.78, 5) is 18.1. The van der Waals surface area contributed by atoms with E-state index in [0.29, 0.717) is 19.0 Å². The molecule has 1 aliphatic heterocycles. The summed E-state index contributed by atoms with van der Waals surface area (Å²) in [6.07, 6.45) is 4.48. The Morgan fingerprint density at radius 1 is 1.48 bits per heavy atom. The van der Waals surface area contributed by atoms with Crippen molar-refractivity contribution >= 4 is 6.03 Å². The molecule has 0 aliphatic carbocycles. The van der Waals surface area contributed by atoms with Crippen molar-refractivity contribution < 1.29 is 9.90 Å². The molecule has 1 fully saturated rings. The van der Waals surface area contributed by atoms with Gasteiger partial charge in [-0.05, 0) is 30.0 Å². The maximum absolute atomic E-state index is 12.3. The molecule has 1 aliphatic rings. The zero-order chi connectivity index (χ0) is 15.5. The van der Waals surface area contributed by atoms with Crippen molar-refractivity contribution in [3.63, 3.8) is 0 Å². The molecule has 0 aromatic carbocycles. The third-order valence-corrected chi connectivity index (χ3v) is 4.47. The fourth-order valence-corrected chi connectivity index (χ4v) is 2.84. The van der Waals surface area contributed by atoms with Crippen LogP contribution in [0.4, 0.5) is 4.79 Å². The standard InChI is InChI=1S/C16H25N3O2/c1-12-6-9-19(14(12)10-20)15(21)18-11-16(2,3)13-4-7-17-8-5-13/h4-5,7-8,12,14,20H,6,9-11H2,1-3H3,(H,18,21)/t12-,14-/m0/s1. The van der Waals surface area contributed by atoms with Crippen LogP contribution in [0, 0.1) is 5.92 Å². The second kappa shape index (κ2) is 6.43. The number of aliphatic hydroxyl groups is 1. The van der Waals surface area contributed by atoms with Crippen LogP contribution in [-0.2, 0) is 5.41 Å². The molecule has 21 heavy (non-hydrogen) atoms. The van der Waals surface area contributed by atoms with E-state index >= 15 is 0 Å². The number of likely N-dealkylation sites (tertiary alicyclic amines) is 1. The Morgan fingerprint density at radius 3 is 2.76 bits per heavy atom. The summed E-state index contributed by atoms with van der Waals surface area (Å²) in [5, 5.41) is 12.4. The molecule has 0 radical (unpaired) electrons. The molecule has 1 aromatic rings. The average molecular weight is 291 g/mol. The Kier molecular flexibility index (Phi) is 4.83. The molecule has 2 N–H and O–H groups in total. The van der Waals surface area contributed by atoms with Crippen molar-refractivity contribution in [3.05, 3.63) is 30.1 Å². The molecule has 1 aromatic heterocycles. The molecule has 2 amide bonds. The number of amides is 2. The van der Waals surface area contributed by atoms with E-state index < -0.39 is 0 Å². The van der Waals surface area contributed by atoms with Crippen molar-refractivity contribution in [1.29, 1.82) is 0 Å². The minimum atomic E-state index is -0.154. The van der Waals surface area contributed by atoms with Crippen LogP contribution in [0.2, 0.25) is 0 Å². The highest BCUT2D eigenvalue weighted by atomic mass is 16.3. The SMILES string of the molecule is C[C@H]1CCN(C(=O)NCC(C)(C)c2ccncc2)[C@H]1CO. The molecule has 0 saturated carbocycles. The van der Waals surface area contributed by atoms with Gasteiger partial charge in [0.15, 0.2) is 0 Å². The summed E-state index contributed by atoms with van der Waals surface area (Å²) >= 11 is 0. The maximum Gasteiger partial charge on any atom is 0.317 e. The Morgan fingerprint density at radius 2 is 2.14 bits per heavy atom. The van der Waals surface area contributed by atoms with Crippen molar-refractivity contribution in [2.45, 2.75) is 38.6 Å². The van der Waals surface area contributed by atoms with Gasteiger partial charge in [-0.1, -0.05) is 20.8 Å². The third-order valence-electron chi connectivity index (χ3n) is 4.47. The van der Waals surface area contributed by atoms with E-state index in [9.17, 15) is 9.90 Å². The first-order valence-electron chi connectivity index (χ1n) is 7.51. The van der Waals surface area contributed by atoms with E-state index in [1.165, 1.54) is 0 Å². The average Bonchev–Trinajstić information content (AvgIpc) is 2.86. The number of urea groups is 1. The molecule has 2 atom stereocenters.